The number of rotatable bonds is 5. The largest absolute Gasteiger partial charge is 0.396 e. The Bertz CT molecular complexity index is 219. The highest BCUT2D eigenvalue weighted by Crippen LogP contribution is 2.29. The van der Waals surface area contributed by atoms with Gasteiger partial charge in [-0.15, -0.1) is 0 Å². The summed E-state index contributed by atoms with van der Waals surface area (Å²) in [6.45, 7) is 1.06. The molecule has 2 rings (SSSR count). The van der Waals surface area contributed by atoms with Gasteiger partial charge in [0.15, 0.2) is 0 Å². The van der Waals surface area contributed by atoms with E-state index in [0.717, 1.165) is 12.5 Å². The second-order valence-corrected chi connectivity index (χ2v) is 6.62. The van der Waals surface area contributed by atoms with Crippen molar-refractivity contribution in [1.82, 2.24) is 5.32 Å². The summed E-state index contributed by atoms with van der Waals surface area (Å²) < 4.78 is 0. The smallest absolute Gasteiger partial charge is 0.0474 e. The van der Waals surface area contributed by atoms with Crippen LogP contribution < -0.4 is 11.1 Å². The quantitative estimate of drug-likeness (QED) is 0.694. The van der Waals surface area contributed by atoms with Crippen molar-refractivity contribution in [3.05, 3.63) is 0 Å². The Morgan fingerprint density at radius 1 is 1.29 bits per heavy atom. The van der Waals surface area contributed by atoms with E-state index in [4.69, 9.17) is 5.73 Å². The molecule has 0 aromatic rings. The number of nitrogens with two attached hydrogens (primary N) is 1. The summed E-state index contributed by atoms with van der Waals surface area (Å²) in [7, 11) is 0. The van der Waals surface area contributed by atoms with Crippen LogP contribution in [0, 0.1) is 11.8 Å². The highest BCUT2D eigenvalue weighted by Gasteiger charge is 2.30. The summed E-state index contributed by atoms with van der Waals surface area (Å²) in [5, 5.41) is 13.2. The van der Waals surface area contributed by atoms with Gasteiger partial charge < -0.3 is 16.2 Å². The maximum Gasteiger partial charge on any atom is 0.0474 e. The van der Waals surface area contributed by atoms with Crippen molar-refractivity contribution in [3.63, 3.8) is 0 Å². The van der Waals surface area contributed by atoms with Crippen LogP contribution in [0.1, 0.15) is 32.1 Å². The van der Waals surface area contributed by atoms with Crippen molar-refractivity contribution in [2.45, 2.75) is 44.2 Å². The molecular weight excluding hydrogens is 232 g/mol. The maximum atomic E-state index is 9.44. The lowest BCUT2D eigenvalue weighted by Crippen LogP contribution is -2.51. The average Bonchev–Trinajstić information content (AvgIpc) is 2.90. The molecule has 1 aliphatic heterocycles. The van der Waals surface area contributed by atoms with Gasteiger partial charge in [-0.2, -0.15) is 11.8 Å². The van der Waals surface area contributed by atoms with Gasteiger partial charge in [0, 0.05) is 25.2 Å². The van der Waals surface area contributed by atoms with Crippen molar-refractivity contribution in [2.24, 2.45) is 17.6 Å². The fourth-order valence-electron chi connectivity index (χ4n) is 3.19. The molecule has 0 bridgehead atoms. The van der Waals surface area contributed by atoms with E-state index in [2.05, 4.69) is 5.32 Å². The van der Waals surface area contributed by atoms with Crippen LogP contribution in [0.15, 0.2) is 0 Å². The molecule has 1 saturated heterocycles. The highest BCUT2D eigenvalue weighted by atomic mass is 32.2. The predicted octanol–water partition coefficient (Wildman–Crippen LogP) is 1.21. The SMILES string of the molecule is NCC(NC1CCCCC1CO)C1CCSC1. The Hall–Kier alpha value is 0.230. The van der Waals surface area contributed by atoms with Crippen LogP contribution in [-0.2, 0) is 0 Å². The first-order valence-electron chi connectivity index (χ1n) is 7.00. The van der Waals surface area contributed by atoms with Gasteiger partial charge in [-0.25, -0.2) is 0 Å². The number of thioether (sulfide) groups is 1. The second kappa shape index (κ2) is 6.98. The number of hydrogen-bond acceptors (Lipinski definition) is 4. The van der Waals surface area contributed by atoms with Crippen molar-refractivity contribution in [2.75, 3.05) is 24.7 Å². The van der Waals surface area contributed by atoms with Gasteiger partial charge in [0.1, 0.15) is 0 Å². The topological polar surface area (TPSA) is 58.3 Å². The molecular formula is C13H26N2OS. The number of nitrogens with one attached hydrogen (secondary N) is 1. The maximum absolute atomic E-state index is 9.44. The molecule has 0 spiro atoms. The first-order chi connectivity index (χ1) is 8.35. The van der Waals surface area contributed by atoms with Crippen molar-refractivity contribution in [3.8, 4) is 0 Å². The van der Waals surface area contributed by atoms with Crippen LogP contribution in [-0.4, -0.2) is 41.8 Å². The van der Waals surface area contributed by atoms with E-state index in [1.54, 1.807) is 0 Å². The Labute approximate surface area is 109 Å². The highest BCUT2D eigenvalue weighted by molar-refractivity contribution is 7.99. The van der Waals surface area contributed by atoms with E-state index in [1.807, 2.05) is 11.8 Å². The summed E-state index contributed by atoms with van der Waals surface area (Å²) in [6, 6.07) is 0.954. The zero-order valence-corrected chi connectivity index (χ0v) is 11.4. The molecule has 0 radical (unpaired) electrons. The molecule has 100 valence electrons. The first-order valence-corrected chi connectivity index (χ1v) is 8.15. The number of aliphatic hydroxyl groups excluding tert-OH is 1. The van der Waals surface area contributed by atoms with E-state index in [-0.39, 0.29) is 0 Å². The van der Waals surface area contributed by atoms with Gasteiger partial charge in [-0.05, 0) is 42.6 Å². The summed E-state index contributed by atoms with van der Waals surface area (Å²) in [5.74, 6) is 3.74. The van der Waals surface area contributed by atoms with Crippen molar-refractivity contribution in [1.29, 1.82) is 0 Å². The lowest BCUT2D eigenvalue weighted by atomic mass is 9.84. The zero-order valence-electron chi connectivity index (χ0n) is 10.6. The summed E-state index contributed by atoms with van der Waals surface area (Å²) in [6.07, 6.45) is 6.25. The molecule has 4 atom stereocenters. The third-order valence-electron chi connectivity index (χ3n) is 4.36. The zero-order chi connectivity index (χ0) is 12.1. The molecule has 1 saturated carbocycles. The molecule has 0 aromatic heterocycles. The van der Waals surface area contributed by atoms with Gasteiger partial charge in [0.05, 0.1) is 0 Å². The Morgan fingerprint density at radius 3 is 2.76 bits per heavy atom. The molecule has 1 aliphatic carbocycles. The first kappa shape index (κ1) is 13.7. The van der Waals surface area contributed by atoms with Crippen LogP contribution in [0.2, 0.25) is 0 Å². The standard InChI is InChI=1S/C13H26N2OS/c14-7-13(11-5-6-17-9-11)15-12-4-2-1-3-10(12)8-16/h10-13,15-16H,1-9,14H2. The van der Waals surface area contributed by atoms with Gasteiger partial charge >= 0.3 is 0 Å². The lowest BCUT2D eigenvalue weighted by Gasteiger charge is -2.35. The van der Waals surface area contributed by atoms with Crippen molar-refractivity contribution >= 4 is 11.8 Å². The summed E-state index contributed by atoms with van der Waals surface area (Å²) in [4.78, 5) is 0. The fourth-order valence-corrected chi connectivity index (χ4v) is 4.53. The van der Waals surface area contributed by atoms with Gasteiger partial charge in [0.2, 0.25) is 0 Å². The molecule has 17 heavy (non-hydrogen) atoms. The minimum absolute atomic E-state index is 0.328. The Kier molecular flexibility index (Phi) is 5.60. The summed E-state index contributed by atoms with van der Waals surface area (Å²) >= 11 is 2.05. The molecule has 4 N–H and O–H groups in total. The number of aliphatic hydroxyl groups is 1. The van der Waals surface area contributed by atoms with Crippen LogP contribution in [0.3, 0.4) is 0 Å². The lowest BCUT2D eigenvalue weighted by molar-refractivity contribution is 0.140. The Morgan fingerprint density at radius 2 is 2.12 bits per heavy atom. The number of hydrogen-bond donors (Lipinski definition) is 3. The second-order valence-electron chi connectivity index (χ2n) is 5.47. The summed E-state index contributed by atoms with van der Waals surface area (Å²) in [5.41, 5.74) is 5.92. The van der Waals surface area contributed by atoms with E-state index >= 15 is 0 Å². The molecule has 0 aromatic carbocycles. The van der Waals surface area contributed by atoms with Crippen LogP contribution >= 0.6 is 11.8 Å². The van der Waals surface area contributed by atoms with Gasteiger partial charge in [-0.3, -0.25) is 0 Å². The van der Waals surface area contributed by atoms with Gasteiger partial charge in [0.25, 0.3) is 0 Å². The molecule has 3 nitrogen and oxygen atoms in total. The Balaban J connectivity index is 1.87. The van der Waals surface area contributed by atoms with Gasteiger partial charge in [-0.1, -0.05) is 12.8 Å². The van der Waals surface area contributed by atoms with Crippen molar-refractivity contribution < 1.29 is 5.11 Å². The van der Waals surface area contributed by atoms with Crippen LogP contribution in [0.25, 0.3) is 0 Å². The molecule has 4 heteroatoms. The van der Waals surface area contributed by atoms with Crippen LogP contribution in [0.5, 0.6) is 0 Å². The van der Waals surface area contributed by atoms with E-state index < -0.39 is 0 Å². The van der Waals surface area contributed by atoms with E-state index in [1.165, 1.54) is 43.6 Å². The molecule has 4 unspecified atom stereocenters. The third kappa shape index (κ3) is 3.60. The average molecular weight is 258 g/mol. The monoisotopic (exact) mass is 258 g/mol. The van der Waals surface area contributed by atoms with E-state index in [0.29, 0.717) is 24.6 Å². The molecule has 1 heterocycles. The minimum Gasteiger partial charge on any atom is -0.396 e. The fraction of sp³-hybridized carbons (Fsp3) is 1.00. The molecule has 2 aliphatic rings. The third-order valence-corrected chi connectivity index (χ3v) is 5.55. The van der Waals surface area contributed by atoms with Crippen LogP contribution in [0.4, 0.5) is 0 Å². The normalized spacial score (nSPS) is 36.0. The predicted molar refractivity (Wildman–Crippen MR) is 74.2 cm³/mol. The molecule has 2 fully saturated rings. The van der Waals surface area contributed by atoms with E-state index in [9.17, 15) is 5.11 Å². The molecule has 0 amide bonds. The minimum atomic E-state index is 0.328.